The van der Waals surface area contributed by atoms with Crippen molar-refractivity contribution in [3.05, 3.63) is 0 Å². The van der Waals surface area contributed by atoms with Gasteiger partial charge in [-0.2, -0.15) is 0 Å². The van der Waals surface area contributed by atoms with Gasteiger partial charge in [0.2, 0.25) is 0 Å². The third-order valence-corrected chi connectivity index (χ3v) is 1.85. The predicted octanol–water partition coefficient (Wildman–Crippen LogP) is 0.957. The van der Waals surface area contributed by atoms with E-state index in [1.165, 1.54) is 0 Å². The third kappa shape index (κ3) is 6.86. The fraction of sp³-hybridized carbons (Fsp3) is 0.900. The van der Waals surface area contributed by atoms with Gasteiger partial charge in [-0.05, 0) is 40.2 Å². The van der Waals surface area contributed by atoms with Crippen LogP contribution in [0.5, 0.6) is 0 Å². The van der Waals surface area contributed by atoms with Gasteiger partial charge >= 0.3 is 5.97 Å². The molecule has 0 aliphatic rings. The first-order valence-corrected chi connectivity index (χ1v) is 5.07. The Balaban J connectivity index is 3.97. The second-order valence-electron chi connectivity index (χ2n) is 4.57. The van der Waals surface area contributed by atoms with Crippen LogP contribution in [0.4, 0.5) is 0 Å². The number of carboxylic acids is 1. The highest BCUT2D eigenvalue weighted by Crippen LogP contribution is 2.07. The van der Waals surface area contributed by atoms with Crippen molar-refractivity contribution in [3.63, 3.8) is 0 Å². The summed E-state index contributed by atoms with van der Waals surface area (Å²) in [5.74, 6) is -0.781. The van der Waals surface area contributed by atoms with E-state index in [-0.39, 0.29) is 5.54 Å². The zero-order valence-electron chi connectivity index (χ0n) is 9.34. The van der Waals surface area contributed by atoms with Gasteiger partial charge in [-0.25, -0.2) is 0 Å². The normalized spacial score (nSPS) is 14.0. The lowest BCUT2D eigenvalue weighted by Crippen LogP contribution is -2.47. The number of nitrogens with one attached hydrogen (secondary N) is 1. The van der Waals surface area contributed by atoms with Gasteiger partial charge in [0.15, 0.2) is 0 Å². The molecular weight excluding hydrogens is 180 g/mol. The summed E-state index contributed by atoms with van der Waals surface area (Å²) in [5, 5.41) is 12.0. The van der Waals surface area contributed by atoms with Crippen LogP contribution in [0.15, 0.2) is 0 Å². The van der Waals surface area contributed by atoms with E-state index in [1.807, 2.05) is 20.8 Å². The van der Waals surface area contributed by atoms with E-state index >= 15 is 0 Å². The van der Waals surface area contributed by atoms with Crippen LogP contribution in [0.25, 0.3) is 0 Å². The number of aliphatic carboxylic acids is 1. The third-order valence-electron chi connectivity index (χ3n) is 1.85. The quantitative estimate of drug-likeness (QED) is 0.561. The molecular formula is C10H22N2O2. The van der Waals surface area contributed by atoms with Crippen LogP contribution in [0.1, 0.15) is 40.0 Å². The highest BCUT2D eigenvalue weighted by molar-refractivity contribution is 5.73. The van der Waals surface area contributed by atoms with Crippen LogP contribution in [0, 0.1) is 0 Å². The minimum Gasteiger partial charge on any atom is -0.480 e. The van der Waals surface area contributed by atoms with E-state index in [2.05, 4.69) is 5.32 Å². The van der Waals surface area contributed by atoms with Crippen molar-refractivity contribution in [3.8, 4) is 0 Å². The summed E-state index contributed by atoms with van der Waals surface area (Å²) in [6.45, 7) is 6.52. The maximum atomic E-state index is 10.9. The molecule has 0 aliphatic heterocycles. The zero-order chi connectivity index (χ0) is 11.2. The van der Waals surface area contributed by atoms with Crippen LogP contribution in [0.2, 0.25) is 0 Å². The summed E-state index contributed by atoms with van der Waals surface area (Å²) in [6, 6.07) is -0.457. The van der Waals surface area contributed by atoms with Crippen LogP contribution in [-0.2, 0) is 4.79 Å². The molecule has 4 heteroatoms. The molecule has 0 radical (unpaired) electrons. The number of carbonyl (C=O) groups is 1. The second kappa shape index (κ2) is 5.98. The lowest BCUT2D eigenvalue weighted by molar-refractivity contribution is -0.140. The lowest BCUT2D eigenvalue weighted by atomic mass is 10.0. The Hall–Kier alpha value is -0.610. The molecule has 84 valence electrons. The van der Waals surface area contributed by atoms with Gasteiger partial charge in [0, 0.05) is 5.54 Å². The average molecular weight is 202 g/mol. The molecule has 0 aromatic heterocycles. The Morgan fingerprint density at radius 3 is 2.36 bits per heavy atom. The Morgan fingerprint density at radius 2 is 2.00 bits per heavy atom. The van der Waals surface area contributed by atoms with Crippen LogP contribution >= 0.6 is 0 Å². The van der Waals surface area contributed by atoms with Gasteiger partial charge in [-0.1, -0.05) is 6.42 Å². The number of rotatable bonds is 6. The molecule has 0 aromatic carbocycles. The van der Waals surface area contributed by atoms with Crippen molar-refractivity contribution in [1.82, 2.24) is 5.32 Å². The van der Waals surface area contributed by atoms with Crippen molar-refractivity contribution in [2.45, 2.75) is 51.6 Å². The molecule has 0 heterocycles. The van der Waals surface area contributed by atoms with Gasteiger partial charge in [0.1, 0.15) is 6.04 Å². The van der Waals surface area contributed by atoms with E-state index < -0.39 is 12.0 Å². The minimum absolute atomic E-state index is 0.161. The smallest absolute Gasteiger partial charge is 0.320 e. The number of carboxylic acid groups (broad SMARTS) is 1. The summed E-state index contributed by atoms with van der Waals surface area (Å²) in [5.41, 5.74) is 5.19. The van der Waals surface area contributed by atoms with Gasteiger partial charge in [0.05, 0.1) is 0 Å². The van der Waals surface area contributed by atoms with Crippen LogP contribution in [-0.4, -0.2) is 29.2 Å². The number of nitrogens with two attached hydrogens (primary N) is 1. The standard InChI is InChI=1S/C10H22N2O2/c1-10(2,3)12-8(9(13)14)6-4-5-7-11/h8,12H,4-7,11H2,1-3H3,(H,13,14)/t8-/m0/s1. The Bertz CT molecular complexity index is 175. The minimum atomic E-state index is -0.781. The summed E-state index contributed by atoms with van der Waals surface area (Å²) < 4.78 is 0. The SMILES string of the molecule is CC(C)(C)N[C@@H](CCCCN)C(=O)O. The summed E-state index contributed by atoms with van der Waals surface area (Å²) >= 11 is 0. The molecule has 0 aromatic rings. The largest absolute Gasteiger partial charge is 0.480 e. The molecule has 0 rings (SSSR count). The van der Waals surface area contributed by atoms with Crippen molar-refractivity contribution in [1.29, 1.82) is 0 Å². The first-order chi connectivity index (χ1) is 6.37. The average Bonchev–Trinajstić information content (AvgIpc) is 2.00. The van der Waals surface area contributed by atoms with Gasteiger partial charge in [0.25, 0.3) is 0 Å². The van der Waals surface area contributed by atoms with Gasteiger partial charge in [-0.3, -0.25) is 10.1 Å². The monoisotopic (exact) mass is 202 g/mol. The Kier molecular flexibility index (Phi) is 5.72. The summed E-state index contributed by atoms with van der Waals surface area (Å²) in [7, 11) is 0. The van der Waals surface area contributed by atoms with Crippen molar-refractivity contribution >= 4 is 5.97 Å². The molecule has 4 nitrogen and oxygen atoms in total. The van der Waals surface area contributed by atoms with Crippen LogP contribution in [0.3, 0.4) is 0 Å². The van der Waals surface area contributed by atoms with E-state index in [1.54, 1.807) is 0 Å². The molecule has 0 spiro atoms. The van der Waals surface area contributed by atoms with Gasteiger partial charge < -0.3 is 10.8 Å². The predicted molar refractivity (Wildman–Crippen MR) is 57.2 cm³/mol. The maximum absolute atomic E-state index is 10.9. The van der Waals surface area contributed by atoms with Crippen molar-refractivity contribution in [2.24, 2.45) is 5.73 Å². The molecule has 4 N–H and O–H groups in total. The highest BCUT2D eigenvalue weighted by Gasteiger charge is 2.22. The van der Waals surface area contributed by atoms with E-state index in [4.69, 9.17) is 10.8 Å². The first kappa shape index (κ1) is 13.4. The van der Waals surface area contributed by atoms with E-state index in [9.17, 15) is 4.79 Å². The summed E-state index contributed by atoms with van der Waals surface area (Å²) in [6.07, 6.45) is 2.38. The van der Waals surface area contributed by atoms with Crippen LogP contribution < -0.4 is 11.1 Å². The lowest BCUT2D eigenvalue weighted by Gasteiger charge is -2.25. The van der Waals surface area contributed by atoms with Crippen molar-refractivity contribution < 1.29 is 9.90 Å². The fourth-order valence-electron chi connectivity index (χ4n) is 1.27. The molecule has 0 saturated heterocycles. The van der Waals surface area contributed by atoms with E-state index in [0.29, 0.717) is 13.0 Å². The Morgan fingerprint density at radius 1 is 1.43 bits per heavy atom. The first-order valence-electron chi connectivity index (χ1n) is 5.07. The zero-order valence-corrected chi connectivity index (χ0v) is 9.34. The number of hydrogen-bond donors (Lipinski definition) is 3. The van der Waals surface area contributed by atoms with Gasteiger partial charge in [-0.15, -0.1) is 0 Å². The summed E-state index contributed by atoms with van der Waals surface area (Å²) in [4.78, 5) is 10.9. The molecule has 14 heavy (non-hydrogen) atoms. The Labute approximate surface area is 85.9 Å². The topological polar surface area (TPSA) is 75.3 Å². The van der Waals surface area contributed by atoms with E-state index in [0.717, 1.165) is 12.8 Å². The molecule has 0 amide bonds. The van der Waals surface area contributed by atoms with Crippen molar-refractivity contribution in [2.75, 3.05) is 6.54 Å². The number of unbranched alkanes of at least 4 members (excludes halogenated alkanes) is 1. The fourth-order valence-corrected chi connectivity index (χ4v) is 1.27. The second-order valence-corrected chi connectivity index (χ2v) is 4.57. The molecule has 0 fully saturated rings. The molecule has 0 aliphatic carbocycles. The molecule has 1 atom stereocenters. The molecule has 0 saturated carbocycles. The molecule has 0 bridgehead atoms. The maximum Gasteiger partial charge on any atom is 0.320 e. The number of hydrogen-bond acceptors (Lipinski definition) is 3. The highest BCUT2D eigenvalue weighted by atomic mass is 16.4. The molecule has 0 unspecified atom stereocenters.